The van der Waals surface area contributed by atoms with Crippen molar-refractivity contribution in [3.63, 3.8) is 0 Å². The van der Waals surface area contributed by atoms with Crippen LogP contribution in [0.3, 0.4) is 0 Å². The average molecular weight is 384 g/mol. The van der Waals surface area contributed by atoms with E-state index in [1.54, 1.807) is 0 Å². The van der Waals surface area contributed by atoms with Crippen LogP contribution in [-0.2, 0) is 16.1 Å². The van der Waals surface area contributed by atoms with Crippen LogP contribution in [0.5, 0.6) is 0 Å². The van der Waals surface area contributed by atoms with Crippen molar-refractivity contribution >= 4 is 11.8 Å². The topological polar surface area (TPSA) is 43.9 Å². The third-order valence-corrected chi connectivity index (χ3v) is 7.01. The highest BCUT2D eigenvalue weighted by Crippen LogP contribution is 2.33. The molecule has 3 saturated heterocycles. The SMILES string of the molecule is CCN1CCC(CC(=O)N2C[C@H]3CN(Cc4ccccc4)C(=O)C[C@H]3C2)CC1. The second-order valence-corrected chi connectivity index (χ2v) is 8.86. The van der Waals surface area contributed by atoms with Crippen LogP contribution >= 0.6 is 0 Å². The van der Waals surface area contributed by atoms with E-state index in [0.717, 1.165) is 52.1 Å². The molecule has 28 heavy (non-hydrogen) atoms. The molecular weight excluding hydrogens is 350 g/mol. The third-order valence-electron chi connectivity index (χ3n) is 7.01. The molecule has 2 atom stereocenters. The number of fused-ring (bicyclic) bond motifs is 1. The zero-order chi connectivity index (χ0) is 19.5. The molecule has 4 rings (SSSR count). The number of rotatable bonds is 5. The standard InChI is InChI=1S/C23H33N3O2/c1-2-24-10-8-18(9-11-24)12-22(27)26-15-20-13-23(28)25(16-21(20)17-26)14-19-6-4-3-5-7-19/h3-7,18,20-21H,2,8-17H2,1H3/t20-,21+/m0/s1. The first kappa shape index (κ1) is 19.4. The molecule has 152 valence electrons. The number of hydrogen-bond donors (Lipinski definition) is 0. The monoisotopic (exact) mass is 383 g/mol. The van der Waals surface area contributed by atoms with Crippen molar-refractivity contribution in [2.24, 2.45) is 17.8 Å². The molecule has 3 aliphatic rings. The summed E-state index contributed by atoms with van der Waals surface area (Å²) in [4.78, 5) is 32.0. The van der Waals surface area contributed by atoms with Gasteiger partial charge >= 0.3 is 0 Å². The number of amides is 2. The predicted molar refractivity (Wildman–Crippen MR) is 109 cm³/mol. The molecule has 5 heteroatoms. The Kier molecular flexibility index (Phi) is 6.00. The van der Waals surface area contributed by atoms with Gasteiger partial charge in [-0.25, -0.2) is 0 Å². The summed E-state index contributed by atoms with van der Waals surface area (Å²) in [7, 11) is 0. The fourth-order valence-corrected chi connectivity index (χ4v) is 5.16. The van der Waals surface area contributed by atoms with E-state index in [1.807, 2.05) is 23.1 Å². The number of piperidine rings is 2. The fourth-order valence-electron chi connectivity index (χ4n) is 5.16. The Morgan fingerprint density at radius 1 is 1.04 bits per heavy atom. The molecule has 0 aliphatic carbocycles. The zero-order valence-corrected chi connectivity index (χ0v) is 17.1. The number of carbonyl (C=O) groups excluding carboxylic acids is 2. The molecule has 0 spiro atoms. The minimum atomic E-state index is 0.242. The van der Waals surface area contributed by atoms with Crippen molar-refractivity contribution in [3.8, 4) is 0 Å². The molecule has 5 nitrogen and oxygen atoms in total. The van der Waals surface area contributed by atoms with Gasteiger partial charge in [0.2, 0.25) is 11.8 Å². The molecule has 1 aromatic carbocycles. The summed E-state index contributed by atoms with van der Waals surface area (Å²) < 4.78 is 0. The van der Waals surface area contributed by atoms with Gasteiger partial charge in [0.05, 0.1) is 0 Å². The highest BCUT2D eigenvalue weighted by molar-refractivity contribution is 5.79. The van der Waals surface area contributed by atoms with E-state index in [2.05, 4.69) is 28.9 Å². The van der Waals surface area contributed by atoms with E-state index in [4.69, 9.17) is 0 Å². The molecule has 0 aromatic heterocycles. The normalized spacial score (nSPS) is 26.5. The van der Waals surface area contributed by atoms with Crippen molar-refractivity contribution in [1.29, 1.82) is 0 Å². The van der Waals surface area contributed by atoms with Gasteiger partial charge in [-0.05, 0) is 55.8 Å². The lowest BCUT2D eigenvalue weighted by Gasteiger charge is -2.34. The Bertz CT molecular complexity index is 684. The number of likely N-dealkylation sites (tertiary alicyclic amines) is 3. The van der Waals surface area contributed by atoms with Crippen LogP contribution in [0.1, 0.15) is 38.2 Å². The zero-order valence-electron chi connectivity index (χ0n) is 17.1. The van der Waals surface area contributed by atoms with Gasteiger partial charge in [0.1, 0.15) is 0 Å². The van der Waals surface area contributed by atoms with Crippen molar-refractivity contribution in [3.05, 3.63) is 35.9 Å². The Balaban J connectivity index is 1.29. The van der Waals surface area contributed by atoms with Gasteiger partial charge in [-0.2, -0.15) is 0 Å². The lowest BCUT2D eigenvalue weighted by atomic mass is 9.88. The summed E-state index contributed by atoms with van der Waals surface area (Å²) >= 11 is 0. The van der Waals surface area contributed by atoms with Crippen LogP contribution in [-0.4, -0.2) is 65.8 Å². The number of benzene rings is 1. The minimum absolute atomic E-state index is 0.242. The predicted octanol–water partition coefficient (Wildman–Crippen LogP) is 2.62. The molecule has 0 radical (unpaired) electrons. The van der Waals surface area contributed by atoms with Crippen LogP contribution < -0.4 is 0 Å². The highest BCUT2D eigenvalue weighted by Gasteiger charge is 2.42. The Morgan fingerprint density at radius 2 is 1.75 bits per heavy atom. The largest absolute Gasteiger partial charge is 0.342 e. The first-order valence-electron chi connectivity index (χ1n) is 10.9. The van der Waals surface area contributed by atoms with E-state index < -0.39 is 0 Å². The molecule has 1 aromatic rings. The van der Waals surface area contributed by atoms with Crippen molar-refractivity contribution in [2.75, 3.05) is 39.3 Å². The summed E-state index contributed by atoms with van der Waals surface area (Å²) in [5, 5.41) is 0. The van der Waals surface area contributed by atoms with Gasteiger partial charge in [-0.15, -0.1) is 0 Å². The van der Waals surface area contributed by atoms with Crippen LogP contribution in [0.2, 0.25) is 0 Å². The average Bonchev–Trinajstić information content (AvgIpc) is 3.12. The molecule has 2 amide bonds. The molecule has 3 aliphatic heterocycles. The maximum Gasteiger partial charge on any atom is 0.223 e. The molecule has 0 saturated carbocycles. The summed E-state index contributed by atoms with van der Waals surface area (Å²) in [5.41, 5.74) is 1.18. The first-order chi connectivity index (χ1) is 13.6. The Labute approximate surface area is 168 Å². The van der Waals surface area contributed by atoms with Crippen molar-refractivity contribution < 1.29 is 9.59 Å². The van der Waals surface area contributed by atoms with Gasteiger partial charge in [0.15, 0.2) is 0 Å². The van der Waals surface area contributed by atoms with Gasteiger partial charge in [-0.3, -0.25) is 9.59 Å². The van der Waals surface area contributed by atoms with E-state index >= 15 is 0 Å². The number of hydrogen-bond acceptors (Lipinski definition) is 3. The highest BCUT2D eigenvalue weighted by atomic mass is 16.2. The Hall–Kier alpha value is -1.88. The van der Waals surface area contributed by atoms with E-state index in [0.29, 0.717) is 43.0 Å². The lowest BCUT2D eigenvalue weighted by Crippen LogP contribution is -2.43. The molecule has 0 bridgehead atoms. The summed E-state index contributed by atoms with van der Waals surface area (Å²) in [6.07, 6.45) is 3.57. The van der Waals surface area contributed by atoms with Crippen LogP contribution in [0.15, 0.2) is 30.3 Å². The number of nitrogens with zero attached hydrogens (tertiary/aromatic N) is 3. The summed E-state index contributed by atoms with van der Waals surface area (Å²) in [6, 6.07) is 10.2. The van der Waals surface area contributed by atoms with Crippen LogP contribution in [0, 0.1) is 17.8 Å². The fraction of sp³-hybridized carbons (Fsp3) is 0.652. The van der Waals surface area contributed by atoms with Crippen molar-refractivity contribution in [1.82, 2.24) is 14.7 Å². The van der Waals surface area contributed by atoms with Gasteiger partial charge in [0, 0.05) is 39.0 Å². The second-order valence-electron chi connectivity index (χ2n) is 8.86. The van der Waals surface area contributed by atoms with Gasteiger partial charge < -0.3 is 14.7 Å². The van der Waals surface area contributed by atoms with E-state index in [9.17, 15) is 9.59 Å². The molecular formula is C23H33N3O2. The maximum atomic E-state index is 12.9. The second kappa shape index (κ2) is 8.64. The summed E-state index contributed by atoms with van der Waals surface area (Å²) in [5.74, 6) is 1.88. The third kappa shape index (κ3) is 4.40. The lowest BCUT2D eigenvalue weighted by molar-refractivity contribution is -0.137. The molecule has 3 heterocycles. The van der Waals surface area contributed by atoms with E-state index in [1.165, 1.54) is 5.56 Å². The van der Waals surface area contributed by atoms with Gasteiger partial charge in [-0.1, -0.05) is 37.3 Å². The molecule has 0 N–H and O–H groups in total. The first-order valence-corrected chi connectivity index (χ1v) is 10.9. The van der Waals surface area contributed by atoms with Gasteiger partial charge in [0.25, 0.3) is 0 Å². The Morgan fingerprint density at radius 3 is 2.46 bits per heavy atom. The summed E-state index contributed by atoms with van der Waals surface area (Å²) in [6.45, 7) is 8.66. The molecule has 3 fully saturated rings. The van der Waals surface area contributed by atoms with E-state index in [-0.39, 0.29) is 5.91 Å². The van der Waals surface area contributed by atoms with Crippen LogP contribution in [0.25, 0.3) is 0 Å². The maximum absolute atomic E-state index is 12.9. The number of carbonyl (C=O) groups is 2. The van der Waals surface area contributed by atoms with Crippen LogP contribution in [0.4, 0.5) is 0 Å². The minimum Gasteiger partial charge on any atom is -0.342 e. The van der Waals surface area contributed by atoms with Crippen molar-refractivity contribution in [2.45, 2.75) is 39.2 Å². The molecule has 0 unspecified atom stereocenters. The smallest absolute Gasteiger partial charge is 0.223 e. The quantitative estimate of drug-likeness (QED) is 0.785.